The minimum absolute atomic E-state index is 0.630. The predicted molar refractivity (Wildman–Crippen MR) is 106 cm³/mol. The monoisotopic (exact) mass is 373 g/mol. The summed E-state index contributed by atoms with van der Waals surface area (Å²) >= 11 is 12.4. The third-order valence-electron chi connectivity index (χ3n) is 5.81. The zero-order chi connectivity index (χ0) is 17.0. The maximum Gasteiger partial charge on any atom is 0.0655 e. The van der Waals surface area contributed by atoms with Crippen molar-refractivity contribution in [1.82, 2.24) is 5.32 Å². The fourth-order valence-electron chi connectivity index (χ4n) is 4.72. The van der Waals surface area contributed by atoms with E-state index in [-0.39, 0.29) is 0 Å². The highest BCUT2D eigenvalue weighted by molar-refractivity contribution is 6.36. The quantitative estimate of drug-likeness (QED) is 0.790. The van der Waals surface area contributed by atoms with Crippen molar-refractivity contribution in [2.45, 2.75) is 18.8 Å². The van der Waals surface area contributed by atoms with Crippen LogP contribution in [0.4, 0.5) is 17.1 Å². The van der Waals surface area contributed by atoms with Gasteiger partial charge in [0.25, 0.3) is 0 Å². The van der Waals surface area contributed by atoms with Crippen molar-refractivity contribution in [3.05, 3.63) is 51.5 Å². The van der Waals surface area contributed by atoms with Crippen LogP contribution in [0.15, 0.2) is 30.3 Å². The van der Waals surface area contributed by atoms with Crippen molar-refractivity contribution in [2.24, 2.45) is 5.92 Å². The maximum absolute atomic E-state index is 6.35. The molecule has 5 heteroatoms. The smallest absolute Gasteiger partial charge is 0.0655 e. The molecular weight excluding hydrogens is 353 g/mol. The van der Waals surface area contributed by atoms with Gasteiger partial charge in [0.05, 0.1) is 10.7 Å². The Morgan fingerprint density at radius 1 is 1.12 bits per heavy atom. The summed E-state index contributed by atoms with van der Waals surface area (Å²) < 4.78 is 0. The third-order valence-corrected chi connectivity index (χ3v) is 6.36. The van der Waals surface area contributed by atoms with Crippen LogP contribution in [0, 0.1) is 5.92 Å². The van der Waals surface area contributed by atoms with Crippen LogP contribution in [0.1, 0.15) is 23.5 Å². The summed E-state index contributed by atoms with van der Waals surface area (Å²) in [7, 11) is 0. The van der Waals surface area contributed by atoms with E-state index in [1.807, 2.05) is 12.1 Å². The number of nitrogens with one attached hydrogen (secondary N) is 2. The summed E-state index contributed by atoms with van der Waals surface area (Å²) in [5, 5.41) is 8.42. The van der Waals surface area contributed by atoms with Crippen LogP contribution >= 0.6 is 23.2 Å². The molecule has 3 heterocycles. The molecule has 2 atom stereocenters. The average molecular weight is 374 g/mol. The second-order valence-electron chi connectivity index (χ2n) is 7.40. The number of anilines is 3. The van der Waals surface area contributed by atoms with Crippen molar-refractivity contribution in [3.63, 3.8) is 0 Å². The molecule has 2 aromatic carbocycles. The fourth-order valence-corrected chi connectivity index (χ4v) is 5.18. The lowest BCUT2D eigenvalue weighted by atomic mass is 9.80. The molecule has 3 aliphatic rings. The zero-order valence-corrected chi connectivity index (χ0v) is 15.5. The van der Waals surface area contributed by atoms with Gasteiger partial charge >= 0.3 is 0 Å². The Balaban J connectivity index is 1.57. The molecule has 3 nitrogen and oxygen atoms in total. The first-order chi connectivity index (χ1) is 12.2. The zero-order valence-electron chi connectivity index (χ0n) is 14.0. The van der Waals surface area contributed by atoms with Gasteiger partial charge in [-0.15, -0.1) is 0 Å². The van der Waals surface area contributed by atoms with Gasteiger partial charge in [-0.3, -0.25) is 0 Å². The van der Waals surface area contributed by atoms with Crippen LogP contribution < -0.4 is 15.5 Å². The van der Waals surface area contributed by atoms with Crippen LogP contribution in [0.5, 0.6) is 0 Å². The number of aryl methyl sites for hydroxylation is 1. The summed E-state index contributed by atoms with van der Waals surface area (Å²) in [5.74, 6) is 1.36. The van der Waals surface area contributed by atoms with Gasteiger partial charge in [0.15, 0.2) is 0 Å². The van der Waals surface area contributed by atoms with E-state index < -0.39 is 0 Å². The molecule has 0 aliphatic carbocycles. The minimum atomic E-state index is 0.630. The molecule has 0 radical (unpaired) electrons. The van der Waals surface area contributed by atoms with E-state index >= 15 is 0 Å². The Bertz CT molecular complexity index is 836. The van der Waals surface area contributed by atoms with Gasteiger partial charge in [-0.05, 0) is 60.2 Å². The second-order valence-corrected chi connectivity index (χ2v) is 8.24. The number of halogens is 2. The summed E-state index contributed by atoms with van der Waals surface area (Å²) in [5.41, 5.74) is 6.52. The number of hydrogen-bond donors (Lipinski definition) is 2. The molecule has 2 aromatic rings. The van der Waals surface area contributed by atoms with Gasteiger partial charge in [0.1, 0.15) is 0 Å². The van der Waals surface area contributed by atoms with Crippen molar-refractivity contribution >= 4 is 40.3 Å². The molecule has 2 unspecified atom stereocenters. The minimum Gasteiger partial charge on any atom is -0.371 e. The van der Waals surface area contributed by atoms with E-state index in [4.69, 9.17) is 23.2 Å². The lowest BCUT2D eigenvalue weighted by Gasteiger charge is -2.42. The van der Waals surface area contributed by atoms with Gasteiger partial charge in [-0.1, -0.05) is 23.2 Å². The molecule has 0 saturated carbocycles. The third kappa shape index (κ3) is 2.69. The van der Waals surface area contributed by atoms with Gasteiger partial charge < -0.3 is 15.5 Å². The molecule has 0 aromatic heterocycles. The van der Waals surface area contributed by atoms with Gasteiger partial charge in [-0.2, -0.15) is 0 Å². The standard InChI is InChI=1S/C20H21Cl2N3/c21-14-3-4-19(18(22)7-14)24-15-6-12-2-1-5-25-11-13-9-23-10-17(13)16(8-15)20(12)25/h3-4,6-8,13,17,23-24H,1-2,5,9-11H2. The summed E-state index contributed by atoms with van der Waals surface area (Å²) in [4.78, 5) is 2.61. The van der Waals surface area contributed by atoms with Crippen LogP contribution in [0.2, 0.25) is 10.0 Å². The van der Waals surface area contributed by atoms with Crippen molar-refractivity contribution in [1.29, 1.82) is 0 Å². The molecule has 1 saturated heterocycles. The van der Waals surface area contributed by atoms with Gasteiger partial charge in [0, 0.05) is 48.5 Å². The molecule has 5 rings (SSSR count). The number of nitrogens with zero attached hydrogens (tertiary/aromatic N) is 1. The Morgan fingerprint density at radius 2 is 2.04 bits per heavy atom. The van der Waals surface area contributed by atoms with Crippen LogP contribution in [-0.4, -0.2) is 26.2 Å². The molecule has 0 spiro atoms. The van der Waals surface area contributed by atoms with E-state index in [1.54, 1.807) is 6.07 Å². The Kier molecular flexibility index (Phi) is 3.85. The van der Waals surface area contributed by atoms with E-state index in [0.717, 1.165) is 36.8 Å². The second kappa shape index (κ2) is 6.08. The lowest BCUT2D eigenvalue weighted by Crippen LogP contribution is -2.41. The number of fused-ring (bicyclic) bond motifs is 2. The van der Waals surface area contributed by atoms with Crippen LogP contribution in [0.25, 0.3) is 0 Å². The Labute approximate surface area is 158 Å². The Hall–Kier alpha value is -1.42. The van der Waals surface area contributed by atoms with Crippen molar-refractivity contribution in [3.8, 4) is 0 Å². The van der Waals surface area contributed by atoms with Gasteiger partial charge in [-0.25, -0.2) is 0 Å². The first-order valence-corrected chi connectivity index (χ1v) is 9.79. The normalized spacial score (nSPS) is 24.0. The van der Waals surface area contributed by atoms with E-state index in [9.17, 15) is 0 Å². The lowest BCUT2D eigenvalue weighted by molar-refractivity contribution is 0.470. The average Bonchev–Trinajstić information content (AvgIpc) is 3.06. The van der Waals surface area contributed by atoms with E-state index in [1.165, 1.54) is 36.3 Å². The summed E-state index contributed by atoms with van der Waals surface area (Å²) in [6.45, 7) is 4.62. The largest absolute Gasteiger partial charge is 0.371 e. The number of hydrogen-bond acceptors (Lipinski definition) is 3. The Morgan fingerprint density at radius 3 is 2.92 bits per heavy atom. The number of rotatable bonds is 2. The van der Waals surface area contributed by atoms with E-state index in [2.05, 4.69) is 27.7 Å². The van der Waals surface area contributed by atoms with Crippen molar-refractivity contribution in [2.75, 3.05) is 36.4 Å². The first kappa shape index (κ1) is 15.8. The molecule has 130 valence electrons. The molecule has 3 aliphatic heterocycles. The SMILES string of the molecule is Clc1ccc(Nc2cc3c4c(c2)C2CNCC2CN4CCC3)c(Cl)c1. The van der Waals surface area contributed by atoms with Gasteiger partial charge in [0.2, 0.25) is 0 Å². The van der Waals surface area contributed by atoms with Crippen LogP contribution in [0.3, 0.4) is 0 Å². The van der Waals surface area contributed by atoms with E-state index in [0.29, 0.717) is 16.0 Å². The maximum atomic E-state index is 6.35. The van der Waals surface area contributed by atoms with Crippen LogP contribution in [-0.2, 0) is 6.42 Å². The number of benzene rings is 2. The topological polar surface area (TPSA) is 27.3 Å². The fraction of sp³-hybridized carbons (Fsp3) is 0.400. The van der Waals surface area contributed by atoms with Crippen molar-refractivity contribution < 1.29 is 0 Å². The molecule has 2 N–H and O–H groups in total. The highest BCUT2D eigenvalue weighted by Crippen LogP contribution is 2.46. The summed E-state index contributed by atoms with van der Waals surface area (Å²) in [6.07, 6.45) is 2.40. The molecule has 1 fully saturated rings. The molecule has 0 amide bonds. The highest BCUT2D eigenvalue weighted by atomic mass is 35.5. The first-order valence-electron chi connectivity index (χ1n) is 9.03. The molecule has 25 heavy (non-hydrogen) atoms. The predicted octanol–water partition coefficient (Wildman–Crippen LogP) is 4.81. The summed E-state index contributed by atoms with van der Waals surface area (Å²) in [6, 6.07) is 10.2. The highest BCUT2D eigenvalue weighted by Gasteiger charge is 2.38. The molecule has 0 bridgehead atoms. The molecular formula is C20H21Cl2N3.